The van der Waals surface area contributed by atoms with Gasteiger partial charge >= 0.3 is 0 Å². The van der Waals surface area contributed by atoms with Crippen LogP contribution in [0.4, 0.5) is 0 Å². The van der Waals surface area contributed by atoms with Crippen molar-refractivity contribution in [2.75, 3.05) is 0 Å². The van der Waals surface area contributed by atoms with E-state index >= 15 is 0 Å². The Morgan fingerprint density at radius 1 is 0.882 bits per heavy atom. The molecule has 0 heteroatoms. The van der Waals surface area contributed by atoms with Crippen molar-refractivity contribution in [3.8, 4) is 11.8 Å². The zero-order chi connectivity index (χ0) is 12.2. The van der Waals surface area contributed by atoms with Crippen LogP contribution >= 0.6 is 0 Å². The normalized spacial score (nSPS) is 20.2. The van der Waals surface area contributed by atoms with E-state index in [1.165, 1.54) is 77.0 Å². The number of rotatable bonds is 8. The Bertz CT molecular complexity index is 218. The Balaban J connectivity index is 1.97. The zero-order valence-electron chi connectivity index (χ0n) is 11.8. The van der Waals surface area contributed by atoms with E-state index < -0.39 is 0 Å². The largest absolute Gasteiger partial charge is 0.103 e. The summed E-state index contributed by atoms with van der Waals surface area (Å²) in [5, 5.41) is 0. The van der Waals surface area contributed by atoms with Gasteiger partial charge in [-0.05, 0) is 19.3 Å². The summed E-state index contributed by atoms with van der Waals surface area (Å²) < 4.78 is 0. The number of unbranched alkanes of at least 4 members (excludes halogenated alkanes) is 6. The van der Waals surface area contributed by atoms with Crippen molar-refractivity contribution in [3.05, 3.63) is 0 Å². The smallest absolute Gasteiger partial charge is 0.0202 e. The van der Waals surface area contributed by atoms with Gasteiger partial charge in [0.2, 0.25) is 0 Å². The fourth-order valence-corrected chi connectivity index (χ4v) is 2.63. The van der Waals surface area contributed by atoms with Gasteiger partial charge in [-0.2, -0.15) is 0 Å². The Kier molecular flexibility index (Phi) is 9.20. The molecule has 0 fully saturated rings. The SMILES string of the molecule is CCCCCCCCCC1C#CCCCCC1. The molecule has 0 heterocycles. The molecule has 0 nitrogen and oxygen atoms in total. The fraction of sp³-hybridized carbons (Fsp3) is 0.882. The van der Waals surface area contributed by atoms with Gasteiger partial charge in [0.15, 0.2) is 0 Å². The maximum absolute atomic E-state index is 3.48. The Labute approximate surface area is 109 Å². The van der Waals surface area contributed by atoms with E-state index in [0.29, 0.717) is 0 Å². The molecule has 98 valence electrons. The highest BCUT2D eigenvalue weighted by Crippen LogP contribution is 2.19. The minimum absolute atomic E-state index is 0.728. The third-order valence-corrected chi connectivity index (χ3v) is 3.82. The van der Waals surface area contributed by atoms with E-state index in [1.807, 2.05) is 0 Å². The summed E-state index contributed by atoms with van der Waals surface area (Å²) in [5.41, 5.74) is 0. The predicted octanol–water partition coefficient (Wildman–Crippen LogP) is 5.71. The van der Waals surface area contributed by atoms with Crippen LogP contribution < -0.4 is 0 Å². The van der Waals surface area contributed by atoms with Crippen molar-refractivity contribution in [1.29, 1.82) is 0 Å². The van der Waals surface area contributed by atoms with Gasteiger partial charge in [0.25, 0.3) is 0 Å². The van der Waals surface area contributed by atoms with Crippen LogP contribution in [0.3, 0.4) is 0 Å². The predicted molar refractivity (Wildman–Crippen MR) is 77.0 cm³/mol. The summed E-state index contributed by atoms with van der Waals surface area (Å²) in [4.78, 5) is 0. The third kappa shape index (κ3) is 8.31. The van der Waals surface area contributed by atoms with E-state index in [4.69, 9.17) is 0 Å². The van der Waals surface area contributed by atoms with Gasteiger partial charge in [0.1, 0.15) is 0 Å². The van der Waals surface area contributed by atoms with Gasteiger partial charge in [0, 0.05) is 12.3 Å². The molecule has 0 spiro atoms. The van der Waals surface area contributed by atoms with Crippen molar-refractivity contribution in [3.63, 3.8) is 0 Å². The summed E-state index contributed by atoms with van der Waals surface area (Å²) in [5.74, 6) is 7.57. The molecule has 0 aliphatic heterocycles. The second-order valence-corrected chi connectivity index (χ2v) is 5.53. The number of hydrogen-bond donors (Lipinski definition) is 0. The van der Waals surface area contributed by atoms with Crippen LogP contribution in [0.5, 0.6) is 0 Å². The van der Waals surface area contributed by atoms with Crippen LogP contribution in [0.15, 0.2) is 0 Å². The molecule has 17 heavy (non-hydrogen) atoms. The highest BCUT2D eigenvalue weighted by molar-refractivity contribution is 5.04. The van der Waals surface area contributed by atoms with Gasteiger partial charge < -0.3 is 0 Å². The topological polar surface area (TPSA) is 0 Å². The highest BCUT2D eigenvalue weighted by atomic mass is 14.1. The van der Waals surface area contributed by atoms with Crippen LogP contribution in [0, 0.1) is 17.8 Å². The maximum Gasteiger partial charge on any atom is 0.0202 e. The summed E-state index contributed by atoms with van der Waals surface area (Å²) in [7, 11) is 0. The fourth-order valence-electron chi connectivity index (χ4n) is 2.63. The second-order valence-electron chi connectivity index (χ2n) is 5.53. The first kappa shape index (κ1) is 14.6. The van der Waals surface area contributed by atoms with Gasteiger partial charge in [-0.15, -0.1) is 5.92 Å². The minimum atomic E-state index is 0.728. The molecule has 1 rings (SSSR count). The first-order valence-electron chi connectivity index (χ1n) is 7.92. The average Bonchev–Trinajstić information content (AvgIpc) is 2.30. The Morgan fingerprint density at radius 2 is 1.65 bits per heavy atom. The average molecular weight is 234 g/mol. The summed E-state index contributed by atoms with van der Waals surface area (Å²) in [6.07, 6.45) is 18.0. The van der Waals surface area contributed by atoms with Crippen LogP contribution in [-0.2, 0) is 0 Å². The quantitative estimate of drug-likeness (QED) is 0.373. The molecule has 1 aliphatic carbocycles. The molecule has 0 aromatic rings. The van der Waals surface area contributed by atoms with Gasteiger partial charge in [0.05, 0.1) is 0 Å². The molecule has 0 radical (unpaired) electrons. The molecule has 0 saturated heterocycles. The first-order chi connectivity index (χ1) is 8.43. The lowest BCUT2D eigenvalue weighted by molar-refractivity contribution is 0.476. The van der Waals surface area contributed by atoms with E-state index in [-0.39, 0.29) is 0 Å². The third-order valence-electron chi connectivity index (χ3n) is 3.82. The molecule has 0 bridgehead atoms. The molecule has 0 aromatic carbocycles. The van der Waals surface area contributed by atoms with Gasteiger partial charge in [-0.3, -0.25) is 0 Å². The number of hydrogen-bond acceptors (Lipinski definition) is 0. The molecular weight excluding hydrogens is 204 g/mol. The molecule has 1 atom stereocenters. The zero-order valence-corrected chi connectivity index (χ0v) is 11.8. The van der Waals surface area contributed by atoms with Crippen molar-refractivity contribution in [2.45, 2.75) is 90.4 Å². The van der Waals surface area contributed by atoms with Crippen molar-refractivity contribution in [1.82, 2.24) is 0 Å². The monoisotopic (exact) mass is 234 g/mol. The maximum atomic E-state index is 3.48. The van der Waals surface area contributed by atoms with Crippen LogP contribution in [0.2, 0.25) is 0 Å². The Morgan fingerprint density at radius 3 is 2.47 bits per heavy atom. The molecule has 0 amide bonds. The summed E-state index contributed by atoms with van der Waals surface area (Å²) in [6.45, 7) is 2.29. The summed E-state index contributed by atoms with van der Waals surface area (Å²) >= 11 is 0. The standard InChI is InChI=1S/C17H30/c1-2-3-4-5-6-8-11-14-17-15-12-9-7-10-13-16-17/h17H,2-12,14-15H2,1H3. The van der Waals surface area contributed by atoms with Gasteiger partial charge in [-0.1, -0.05) is 70.6 Å². The van der Waals surface area contributed by atoms with E-state index in [9.17, 15) is 0 Å². The van der Waals surface area contributed by atoms with E-state index in [1.54, 1.807) is 0 Å². The molecule has 1 unspecified atom stereocenters. The molecule has 0 N–H and O–H groups in total. The Hall–Kier alpha value is -0.440. The molecule has 1 aliphatic rings. The van der Waals surface area contributed by atoms with Crippen LogP contribution in [0.25, 0.3) is 0 Å². The highest BCUT2D eigenvalue weighted by Gasteiger charge is 2.06. The lowest BCUT2D eigenvalue weighted by atomic mass is 9.93. The first-order valence-corrected chi connectivity index (χ1v) is 7.92. The van der Waals surface area contributed by atoms with Crippen molar-refractivity contribution < 1.29 is 0 Å². The lowest BCUT2D eigenvalue weighted by Crippen LogP contribution is -1.99. The van der Waals surface area contributed by atoms with E-state index in [0.717, 1.165) is 12.3 Å². The van der Waals surface area contributed by atoms with Crippen LogP contribution in [0.1, 0.15) is 90.4 Å². The minimum Gasteiger partial charge on any atom is -0.103 e. The molecule has 0 saturated carbocycles. The van der Waals surface area contributed by atoms with Crippen molar-refractivity contribution in [2.24, 2.45) is 5.92 Å². The molecule has 0 aromatic heterocycles. The van der Waals surface area contributed by atoms with Crippen LogP contribution in [-0.4, -0.2) is 0 Å². The summed E-state index contributed by atoms with van der Waals surface area (Å²) in [6, 6.07) is 0. The van der Waals surface area contributed by atoms with Crippen molar-refractivity contribution >= 4 is 0 Å². The van der Waals surface area contributed by atoms with E-state index in [2.05, 4.69) is 18.8 Å². The molecular formula is C17H30. The lowest BCUT2D eigenvalue weighted by Gasteiger charge is -2.12. The second kappa shape index (κ2) is 10.7. The van der Waals surface area contributed by atoms with Gasteiger partial charge in [-0.25, -0.2) is 0 Å².